The molecule has 20 heavy (non-hydrogen) atoms. The summed E-state index contributed by atoms with van der Waals surface area (Å²) in [6.45, 7) is 0.448. The van der Waals surface area contributed by atoms with E-state index in [1.807, 2.05) is 4.72 Å². The molecule has 0 saturated carbocycles. The molecule has 9 heteroatoms. The van der Waals surface area contributed by atoms with Gasteiger partial charge < -0.3 is 15.5 Å². The zero-order chi connectivity index (χ0) is 15.3. The van der Waals surface area contributed by atoms with Crippen LogP contribution in [0.15, 0.2) is 29.2 Å². The monoisotopic (exact) mass is 302 g/mol. The SMILES string of the molecule is CC(=O)Nc1ccc(S(=O)(=O)N[C@H](CO)C(=O)O)cc1. The predicted octanol–water partition coefficient (Wildman–Crippen LogP) is -0.631. The van der Waals surface area contributed by atoms with E-state index in [1.165, 1.54) is 31.2 Å². The van der Waals surface area contributed by atoms with Gasteiger partial charge in [0.2, 0.25) is 15.9 Å². The number of sulfonamides is 1. The van der Waals surface area contributed by atoms with Crippen LogP contribution in [-0.2, 0) is 19.6 Å². The summed E-state index contributed by atoms with van der Waals surface area (Å²) in [6, 6.07) is 3.54. The van der Waals surface area contributed by atoms with Crippen molar-refractivity contribution in [2.24, 2.45) is 0 Å². The molecule has 0 radical (unpaired) electrons. The lowest BCUT2D eigenvalue weighted by Gasteiger charge is -2.12. The Morgan fingerprint density at radius 1 is 1.25 bits per heavy atom. The van der Waals surface area contributed by atoms with E-state index >= 15 is 0 Å². The third-order valence-corrected chi connectivity index (χ3v) is 3.75. The summed E-state index contributed by atoms with van der Waals surface area (Å²) in [5, 5.41) is 20.0. The van der Waals surface area contributed by atoms with E-state index in [0.29, 0.717) is 5.69 Å². The van der Waals surface area contributed by atoms with Crippen LogP contribution in [0.5, 0.6) is 0 Å². The number of aliphatic carboxylic acids is 1. The van der Waals surface area contributed by atoms with E-state index < -0.39 is 28.6 Å². The van der Waals surface area contributed by atoms with E-state index in [1.54, 1.807) is 0 Å². The first-order valence-electron chi connectivity index (χ1n) is 5.50. The molecule has 4 N–H and O–H groups in total. The lowest BCUT2D eigenvalue weighted by Crippen LogP contribution is -2.43. The van der Waals surface area contributed by atoms with Crippen molar-refractivity contribution in [3.63, 3.8) is 0 Å². The summed E-state index contributed by atoms with van der Waals surface area (Å²) >= 11 is 0. The molecule has 0 aliphatic heterocycles. The van der Waals surface area contributed by atoms with E-state index in [-0.39, 0.29) is 10.8 Å². The lowest BCUT2D eigenvalue weighted by atomic mass is 10.3. The van der Waals surface area contributed by atoms with Crippen molar-refractivity contribution in [1.29, 1.82) is 0 Å². The number of anilines is 1. The maximum atomic E-state index is 11.9. The summed E-state index contributed by atoms with van der Waals surface area (Å²) in [7, 11) is -4.07. The Kier molecular flexibility index (Phi) is 5.19. The van der Waals surface area contributed by atoms with E-state index in [0.717, 1.165) is 0 Å². The Bertz CT molecular complexity index is 596. The highest BCUT2D eigenvalue weighted by molar-refractivity contribution is 7.89. The number of hydrogen-bond donors (Lipinski definition) is 4. The number of benzene rings is 1. The molecule has 110 valence electrons. The Hall–Kier alpha value is -1.97. The zero-order valence-corrected chi connectivity index (χ0v) is 11.3. The number of aliphatic hydroxyl groups excluding tert-OH is 1. The van der Waals surface area contributed by atoms with Gasteiger partial charge in [0.15, 0.2) is 0 Å². The molecule has 1 amide bonds. The first kappa shape index (κ1) is 16.1. The van der Waals surface area contributed by atoms with Crippen molar-refractivity contribution in [2.75, 3.05) is 11.9 Å². The third kappa shape index (κ3) is 4.30. The Morgan fingerprint density at radius 3 is 2.20 bits per heavy atom. The number of carboxylic acid groups (broad SMARTS) is 1. The van der Waals surface area contributed by atoms with Crippen molar-refractivity contribution in [3.05, 3.63) is 24.3 Å². The molecular weight excluding hydrogens is 288 g/mol. The molecule has 0 fully saturated rings. The van der Waals surface area contributed by atoms with Crippen LogP contribution in [0.4, 0.5) is 5.69 Å². The second-order valence-corrected chi connectivity index (χ2v) is 5.61. The Balaban J connectivity index is 2.92. The van der Waals surface area contributed by atoms with Gasteiger partial charge in [0.05, 0.1) is 11.5 Å². The Morgan fingerprint density at radius 2 is 1.80 bits per heavy atom. The number of hydrogen-bond acceptors (Lipinski definition) is 5. The number of carbonyl (C=O) groups is 2. The fraction of sp³-hybridized carbons (Fsp3) is 0.273. The minimum Gasteiger partial charge on any atom is -0.480 e. The summed E-state index contributed by atoms with van der Waals surface area (Å²) in [5.41, 5.74) is 0.411. The highest BCUT2D eigenvalue weighted by Crippen LogP contribution is 2.14. The second-order valence-electron chi connectivity index (χ2n) is 3.90. The van der Waals surface area contributed by atoms with E-state index in [9.17, 15) is 18.0 Å². The zero-order valence-electron chi connectivity index (χ0n) is 10.5. The molecule has 1 aromatic rings. The summed E-state index contributed by atoms with van der Waals surface area (Å²) in [4.78, 5) is 21.3. The van der Waals surface area contributed by atoms with Crippen molar-refractivity contribution in [3.8, 4) is 0 Å². The van der Waals surface area contributed by atoms with Gasteiger partial charge in [-0.3, -0.25) is 9.59 Å². The van der Waals surface area contributed by atoms with Gasteiger partial charge in [-0.1, -0.05) is 0 Å². The number of carboxylic acids is 1. The highest BCUT2D eigenvalue weighted by atomic mass is 32.2. The van der Waals surface area contributed by atoms with Gasteiger partial charge in [0.25, 0.3) is 0 Å². The van der Waals surface area contributed by atoms with Crippen LogP contribution in [-0.4, -0.2) is 43.2 Å². The van der Waals surface area contributed by atoms with Crippen LogP contribution >= 0.6 is 0 Å². The molecule has 0 spiro atoms. The van der Waals surface area contributed by atoms with Crippen molar-refractivity contribution < 1.29 is 28.2 Å². The van der Waals surface area contributed by atoms with Crippen LogP contribution < -0.4 is 10.0 Å². The minimum absolute atomic E-state index is 0.175. The van der Waals surface area contributed by atoms with Crippen LogP contribution in [0.25, 0.3) is 0 Å². The van der Waals surface area contributed by atoms with Gasteiger partial charge in [-0.25, -0.2) is 8.42 Å². The number of rotatable bonds is 6. The molecule has 1 atom stereocenters. The first-order chi connectivity index (χ1) is 9.26. The number of amides is 1. The van der Waals surface area contributed by atoms with Crippen molar-refractivity contribution >= 4 is 27.6 Å². The fourth-order valence-corrected chi connectivity index (χ4v) is 2.52. The smallest absolute Gasteiger partial charge is 0.324 e. The fourth-order valence-electron chi connectivity index (χ4n) is 1.34. The standard InChI is InChI=1S/C11H14N2O6S/c1-7(15)12-8-2-4-9(5-3-8)20(18,19)13-10(6-14)11(16)17/h2-5,10,13-14H,6H2,1H3,(H,12,15)(H,16,17)/t10-/m1/s1. The molecule has 0 unspecified atom stereocenters. The van der Waals surface area contributed by atoms with Crippen LogP contribution in [0, 0.1) is 0 Å². The van der Waals surface area contributed by atoms with Gasteiger partial charge >= 0.3 is 5.97 Å². The minimum atomic E-state index is -4.07. The maximum absolute atomic E-state index is 11.9. The predicted molar refractivity (Wildman–Crippen MR) is 69.6 cm³/mol. The van der Waals surface area contributed by atoms with Gasteiger partial charge in [-0.05, 0) is 24.3 Å². The molecule has 0 aliphatic rings. The second kappa shape index (κ2) is 6.46. The lowest BCUT2D eigenvalue weighted by molar-refractivity contribution is -0.139. The highest BCUT2D eigenvalue weighted by Gasteiger charge is 2.24. The molecule has 1 rings (SSSR count). The van der Waals surface area contributed by atoms with Gasteiger partial charge in [0.1, 0.15) is 6.04 Å². The number of nitrogens with one attached hydrogen (secondary N) is 2. The largest absolute Gasteiger partial charge is 0.480 e. The first-order valence-corrected chi connectivity index (χ1v) is 6.98. The molecule has 0 aliphatic carbocycles. The van der Waals surface area contributed by atoms with Gasteiger partial charge in [-0.15, -0.1) is 0 Å². The number of carbonyl (C=O) groups excluding carboxylic acids is 1. The topological polar surface area (TPSA) is 133 Å². The van der Waals surface area contributed by atoms with Gasteiger partial charge in [-0.2, -0.15) is 4.72 Å². The average molecular weight is 302 g/mol. The van der Waals surface area contributed by atoms with Crippen LogP contribution in [0.3, 0.4) is 0 Å². The maximum Gasteiger partial charge on any atom is 0.324 e. The quantitative estimate of drug-likeness (QED) is 0.553. The van der Waals surface area contributed by atoms with Crippen LogP contribution in [0.2, 0.25) is 0 Å². The molecule has 0 bridgehead atoms. The molecular formula is C11H14N2O6S. The van der Waals surface area contributed by atoms with Gasteiger partial charge in [0, 0.05) is 12.6 Å². The molecule has 1 aromatic carbocycles. The number of aliphatic hydroxyl groups is 1. The third-order valence-electron chi connectivity index (χ3n) is 2.26. The van der Waals surface area contributed by atoms with Crippen LogP contribution in [0.1, 0.15) is 6.92 Å². The van der Waals surface area contributed by atoms with E-state index in [4.69, 9.17) is 10.2 Å². The average Bonchev–Trinajstić information content (AvgIpc) is 2.35. The molecule has 0 aromatic heterocycles. The van der Waals surface area contributed by atoms with E-state index in [2.05, 4.69) is 5.32 Å². The van der Waals surface area contributed by atoms with Crippen molar-refractivity contribution in [1.82, 2.24) is 4.72 Å². The Labute approximate surface area is 115 Å². The normalized spacial score (nSPS) is 12.7. The van der Waals surface area contributed by atoms with Crippen molar-refractivity contribution in [2.45, 2.75) is 17.9 Å². The summed E-state index contributed by atoms with van der Waals surface area (Å²) in [5.74, 6) is -1.78. The molecule has 8 nitrogen and oxygen atoms in total. The molecule has 0 heterocycles. The summed E-state index contributed by atoms with van der Waals surface area (Å²) < 4.78 is 25.6. The summed E-state index contributed by atoms with van der Waals surface area (Å²) in [6.07, 6.45) is 0. The molecule has 0 saturated heterocycles.